The number of nitrogens with zero attached hydrogens (tertiary/aromatic N) is 2. The zero-order valence-electron chi connectivity index (χ0n) is 18.5. The summed E-state index contributed by atoms with van der Waals surface area (Å²) in [4.78, 5) is 23.9. The van der Waals surface area contributed by atoms with E-state index in [9.17, 15) is 4.79 Å². The van der Waals surface area contributed by atoms with Crippen molar-refractivity contribution in [2.75, 3.05) is 18.9 Å². The van der Waals surface area contributed by atoms with Gasteiger partial charge in [0.15, 0.2) is 0 Å². The number of aromatic amines is 1. The first-order valence-corrected chi connectivity index (χ1v) is 10.9. The second-order valence-corrected chi connectivity index (χ2v) is 8.66. The highest BCUT2D eigenvalue weighted by molar-refractivity contribution is 6.03. The number of amidine groups is 1. The van der Waals surface area contributed by atoms with Crippen LogP contribution in [0.25, 0.3) is 22.5 Å². The van der Waals surface area contributed by atoms with Crippen molar-refractivity contribution >= 4 is 11.5 Å². The fourth-order valence-electron chi connectivity index (χ4n) is 3.37. The Kier molecular flexibility index (Phi) is 6.25. The summed E-state index contributed by atoms with van der Waals surface area (Å²) >= 11 is 0. The van der Waals surface area contributed by atoms with Crippen LogP contribution in [0.3, 0.4) is 0 Å². The average molecular weight is 432 g/mol. The number of aromatic nitrogens is 2. The summed E-state index contributed by atoms with van der Waals surface area (Å²) in [6.07, 6.45) is 2.41. The molecule has 2 aromatic carbocycles. The van der Waals surface area contributed by atoms with Crippen LogP contribution in [0.4, 0.5) is 5.69 Å². The molecule has 0 unspecified atom stereocenters. The van der Waals surface area contributed by atoms with Crippen molar-refractivity contribution in [2.24, 2.45) is 22.6 Å². The number of nitrogens with one attached hydrogen (secondary N) is 1. The van der Waals surface area contributed by atoms with Crippen molar-refractivity contribution in [3.63, 3.8) is 0 Å². The lowest BCUT2D eigenvalue weighted by Crippen LogP contribution is -2.17. The molecular formula is C25H29N5O2. The van der Waals surface area contributed by atoms with Crippen molar-refractivity contribution in [3.05, 3.63) is 64.6 Å². The predicted molar refractivity (Wildman–Crippen MR) is 129 cm³/mol. The van der Waals surface area contributed by atoms with Crippen LogP contribution < -0.4 is 21.9 Å². The van der Waals surface area contributed by atoms with E-state index in [4.69, 9.17) is 16.2 Å². The lowest BCUT2D eigenvalue weighted by molar-refractivity contribution is 0.272. The second kappa shape index (κ2) is 9.26. The number of aliphatic imine (C=N–C) groups is 1. The van der Waals surface area contributed by atoms with Crippen molar-refractivity contribution in [1.29, 1.82) is 0 Å². The standard InChI is InChI=1S/C25H29N5O2/c1-15(2)14-32-23-6-4-3-5-18(23)22-12-21(29-25(31)30-22)17-9-10-20(26)19(11-17)24(27)28-13-16-7-8-16/h3-6,9-12,15-16H,7-8,13-14,26H2,1-2H3,(H2,27,28)(H,29,30,31). The van der Waals surface area contributed by atoms with Crippen molar-refractivity contribution < 1.29 is 4.74 Å². The predicted octanol–water partition coefficient (Wildman–Crippen LogP) is 3.84. The Morgan fingerprint density at radius 2 is 2.00 bits per heavy atom. The van der Waals surface area contributed by atoms with Crippen LogP contribution in [-0.4, -0.2) is 29.0 Å². The maximum atomic E-state index is 12.4. The third-order valence-electron chi connectivity index (χ3n) is 5.34. The summed E-state index contributed by atoms with van der Waals surface area (Å²) in [5, 5.41) is 0. The van der Waals surface area contributed by atoms with Crippen LogP contribution in [0, 0.1) is 11.8 Å². The molecule has 0 atom stereocenters. The van der Waals surface area contributed by atoms with Crippen molar-refractivity contribution in [1.82, 2.24) is 9.97 Å². The molecule has 1 heterocycles. The fraction of sp³-hybridized carbons (Fsp3) is 0.320. The van der Waals surface area contributed by atoms with Gasteiger partial charge in [-0.2, -0.15) is 4.98 Å². The maximum absolute atomic E-state index is 12.4. The van der Waals surface area contributed by atoms with E-state index < -0.39 is 5.69 Å². The first-order chi connectivity index (χ1) is 15.4. The smallest absolute Gasteiger partial charge is 0.345 e. The molecule has 0 bridgehead atoms. The molecule has 7 heteroatoms. The summed E-state index contributed by atoms with van der Waals surface area (Å²) in [5.74, 6) is 2.14. The second-order valence-electron chi connectivity index (χ2n) is 8.66. The molecule has 4 rings (SSSR count). The van der Waals surface area contributed by atoms with Crippen LogP contribution in [0.5, 0.6) is 5.75 Å². The fourth-order valence-corrected chi connectivity index (χ4v) is 3.37. The minimum absolute atomic E-state index is 0.385. The minimum Gasteiger partial charge on any atom is -0.493 e. The topological polar surface area (TPSA) is 119 Å². The number of anilines is 1. The van der Waals surface area contributed by atoms with Crippen LogP contribution in [0.2, 0.25) is 0 Å². The van der Waals surface area contributed by atoms with Gasteiger partial charge in [0, 0.05) is 28.9 Å². The van der Waals surface area contributed by atoms with Gasteiger partial charge in [-0.15, -0.1) is 0 Å². The van der Waals surface area contributed by atoms with Crippen LogP contribution in [-0.2, 0) is 0 Å². The van der Waals surface area contributed by atoms with Crippen LogP contribution >= 0.6 is 0 Å². The molecule has 1 saturated carbocycles. The third-order valence-corrected chi connectivity index (χ3v) is 5.34. The summed E-state index contributed by atoms with van der Waals surface area (Å²) in [6.45, 7) is 5.48. The first-order valence-electron chi connectivity index (χ1n) is 10.9. The summed E-state index contributed by atoms with van der Waals surface area (Å²) < 4.78 is 5.96. The van der Waals surface area contributed by atoms with Gasteiger partial charge in [-0.25, -0.2) is 4.79 Å². The van der Waals surface area contributed by atoms with Gasteiger partial charge in [0.05, 0.1) is 18.0 Å². The number of hydrogen-bond donors (Lipinski definition) is 3. The summed E-state index contributed by atoms with van der Waals surface area (Å²) in [5.41, 5.74) is 15.8. The molecule has 1 aromatic heterocycles. The summed E-state index contributed by atoms with van der Waals surface area (Å²) in [6, 6.07) is 14.9. The number of para-hydroxylation sites is 1. The molecule has 166 valence electrons. The lowest BCUT2D eigenvalue weighted by Gasteiger charge is -2.14. The zero-order valence-corrected chi connectivity index (χ0v) is 18.5. The highest BCUT2D eigenvalue weighted by atomic mass is 16.5. The molecule has 0 spiro atoms. The van der Waals surface area contributed by atoms with E-state index in [0.29, 0.717) is 52.7 Å². The molecule has 3 aromatic rings. The molecule has 32 heavy (non-hydrogen) atoms. The van der Waals surface area contributed by atoms with Gasteiger partial charge in [-0.3, -0.25) is 4.99 Å². The molecule has 0 aliphatic heterocycles. The quantitative estimate of drug-likeness (QED) is 0.284. The molecule has 7 nitrogen and oxygen atoms in total. The number of H-pyrrole nitrogens is 1. The highest BCUT2D eigenvalue weighted by Gasteiger charge is 2.21. The van der Waals surface area contributed by atoms with Crippen molar-refractivity contribution in [3.8, 4) is 28.3 Å². The van der Waals surface area contributed by atoms with E-state index in [1.54, 1.807) is 6.07 Å². The number of hydrogen-bond acceptors (Lipinski definition) is 5. The van der Waals surface area contributed by atoms with E-state index >= 15 is 0 Å². The van der Waals surface area contributed by atoms with E-state index in [0.717, 1.165) is 17.7 Å². The Hall–Kier alpha value is -3.61. The van der Waals surface area contributed by atoms with E-state index in [1.165, 1.54) is 12.8 Å². The Morgan fingerprint density at radius 1 is 1.22 bits per heavy atom. The first kappa shape index (κ1) is 21.6. The Bertz CT molecular complexity index is 1190. The SMILES string of the molecule is CC(C)COc1ccccc1-c1cc(-c2ccc(N)c(C(N)=NCC3CC3)c2)nc(=O)[nH]1. The number of ether oxygens (including phenoxy) is 1. The molecule has 0 radical (unpaired) electrons. The maximum Gasteiger partial charge on any atom is 0.345 e. The number of rotatable bonds is 8. The molecule has 1 aliphatic rings. The molecule has 0 amide bonds. The molecule has 1 fully saturated rings. The summed E-state index contributed by atoms with van der Waals surface area (Å²) in [7, 11) is 0. The van der Waals surface area contributed by atoms with E-state index in [2.05, 4.69) is 28.8 Å². The monoisotopic (exact) mass is 431 g/mol. The average Bonchev–Trinajstić information content (AvgIpc) is 3.60. The number of nitrogens with two attached hydrogens (primary N) is 2. The van der Waals surface area contributed by atoms with Crippen molar-refractivity contribution in [2.45, 2.75) is 26.7 Å². The van der Waals surface area contributed by atoms with Crippen LogP contribution in [0.1, 0.15) is 32.3 Å². The van der Waals surface area contributed by atoms with Gasteiger partial charge in [0.1, 0.15) is 11.6 Å². The molecule has 1 aliphatic carbocycles. The Morgan fingerprint density at radius 3 is 2.75 bits per heavy atom. The number of benzene rings is 2. The largest absolute Gasteiger partial charge is 0.493 e. The van der Waals surface area contributed by atoms with Gasteiger partial charge < -0.3 is 21.2 Å². The zero-order chi connectivity index (χ0) is 22.7. The number of nitrogen functional groups attached to an aromatic ring is 1. The third kappa shape index (κ3) is 5.17. The molecule has 0 saturated heterocycles. The Labute approximate surface area is 187 Å². The van der Waals surface area contributed by atoms with Gasteiger partial charge in [0.25, 0.3) is 0 Å². The molecule has 5 N–H and O–H groups in total. The normalized spacial score (nSPS) is 14.0. The highest BCUT2D eigenvalue weighted by Crippen LogP contribution is 2.31. The van der Waals surface area contributed by atoms with Gasteiger partial charge >= 0.3 is 5.69 Å². The van der Waals surface area contributed by atoms with E-state index in [-0.39, 0.29) is 0 Å². The van der Waals surface area contributed by atoms with Gasteiger partial charge in [0.2, 0.25) is 0 Å². The minimum atomic E-state index is -0.440. The Balaban J connectivity index is 1.70. The molecular weight excluding hydrogens is 402 g/mol. The lowest BCUT2D eigenvalue weighted by atomic mass is 10.0. The van der Waals surface area contributed by atoms with Gasteiger partial charge in [-0.05, 0) is 55.0 Å². The van der Waals surface area contributed by atoms with Crippen LogP contribution in [0.15, 0.2) is 58.3 Å². The van der Waals surface area contributed by atoms with E-state index in [1.807, 2.05) is 42.5 Å². The van der Waals surface area contributed by atoms with Gasteiger partial charge in [-0.1, -0.05) is 32.0 Å².